The van der Waals surface area contributed by atoms with Crippen LogP contribution in [-0.2, 0) is 9.47 Å². The Labute approximate surface area is 168 Å². The zero-order chi connectivity index (χ0) is 20.9. The maximum absolute atomic E-state index is 12.4. The lowest BCUT2D eigenvalue weighted by molar-refractivity contribution is 0.0594. The zero-order valence-corrected chi connectivity index (χ0v) is 16.1. The average molecular weight is 415 g/mol. The van der Waals surface area contributed by atoms with E-state index in [4.69, 9.17) is 41.4 Å². The van der Waals surface area contributed by atoms with Gasteiger partial charge >= 0.3 is 11.9 Å². The second-order valence-corrected chi connectivity index (χ2v) is 6.61. The molecule has 29 heavy (non-hydrogen) atoms. The summed E-state index contributed by atoms with van der Waals surface area (Å²) in [4.78, 5) is 24.7. The van der Waals surface area contributed by atoms with Crippen LogP contribution < -0.4 is 11.5 Å². The number of carbonyl (C=O) groups is 2. The third-order valence-corrected chi connectivity index (χ3v) is 4.85. The van der Waals surface area contributed by atoms with Crippen molar-refractivity contribution >= 4 is 57.2 Å². The predicted octanol–water partition coefficient (Wildman–Crippen LogP) is 4.24. The van der Waals surface area contributed by atoms with Crippen molar-refractivity contribution in [1.82, 2.24) is 0 Å². The van der Waals surface area contributed by atoms with E-state index in [1.54, 1.807) is 24.3 Å². The summed E-state index contributed by atoms with van der Waals surface area (Å²) < 4.78 is 21.0. The molecule has 0 aliphatic heterocycles. The lowest BCUT2D eigenvalue weighted by Gasteiger charge is -2.07. The number of nitrogen functional groups attached to an aromatic ring is 2. The van der Waals surface area contributed by atoms with Gasteiger partial charge in [0, 0.05) is 21.4 Å². The molecular formula is C20H15ClN2O6. The van der Waals surface area contributed by atoms with Gasteiger partial charge in [-0.2, -0.15) is 0 Å². The van der Waals surface area contributed by atoms with Crippen molar-refractivity contribution in [3.05, 3.63) is 46.5 Å². The molecule has 2 heterocycles. The number of rotatable bonds is 3. The van der Waals surface area contributed by atoms with Gasteiger partial charge in [0.05, 0.1) is 14.2 Å². The van der Waals surface area contributed by atoms with Crippen LogP contribution in [0.5, 0.6) is 0 Å². The first kappa shape index (κ1) is 18.7. The minimum absolute atomic E-state index is 0.0453. The molecule has 2 aromatic carbocycles. The number of furan rings is 2. The Kier molecular flexibility index (Phi) is 4.35. The predicted molar refractivity (Wildman–Crippen MR) is 108 cm³/mol. The highest BCUT2D eigenvalue weighted by atomic mass is 35.5. The molecule has 148 valence electrons. The van der Waals surface area contributed by atoms with Crippen LogP contribution in [-0.4, -0.2) is 26.2 Å². The third-order valence-electron chi connectivity index (χ3n) is 4.60. The van der Waals surface area contributed by atoms with Crippen LogP contribution in [0.4, 0.5) is 11.8 Å². The molecule has 0 bridgehead atoms. The SMILES string of the molecule is COC(=O)c1c(N)oc2c(-c3ccc(Cl)cc3)c3c(C(=O)OC)c(N)oc3cc12. The minimum atomic E-state index is -0.677. The third kappa shape index (κ3) is 2.76. The summed E-state index contributed by atoms with van der Waals surface area (Å²) in [6, 6.07) is 8.35. The van der Waals surface area contributed by atoms with E-state index in [9.17, 15) is 9.59 Å². The molecule has 9 heteroatoms. The van der Waals surface area contributed by atoms with Crippen LogP contribution in [0, 0.1) is 0 Å². The first-order valence-corrected chi connectivity index (χ1v) is 8.74. The number of methoxy groups -OCH3 is 2. The first-order valence-electron chi connectivity index (χ1n) is 8.36. The molecule has 8 nitrogen and oxygen atoms in total. The molecule has 0 amide bonds. The minimum Gasteiger partial charge on any atom is -0.465 e. The summed E-state index contributed by atoms with van der Waals surface area (Å²) in [6.45, 7) is 0. The van der Waals surface area contributed by atoms with Crippen LogP contribution in [0.2, 0.25) is 5.02 Å². The molecule has 0 radical (unpaired) electrons. The summed E-state index contributed by atoms with van der Waals surface area (Å²) in [5.74, 6) is -1.59. The Bertz CT molecular complexity index is 1290. The normalized spacial score (nSPS) is 11.1. The monoisotopic (exact) mass is 414 g/mol. The topological polar surface area (TPSA) is 131 Å². The fourth-order valence-corrected chi connectivity index (χ4v) is 3.48. The van der Waals surface area contributed by atoms with Crippen molar-refractivity contribution < 1.29 is 27.9 Å². The van der Waals surface area contributed by atoms with Crippen LogP contribution in [0.15, 0.2) is 39.2 Å². The van der Waals surface area contributed by atoms with Gasteiger partial charge in [-0.3, -0.25) is 0 Å². The van der Waals surface area contributed by atoms with E-state index in [2.05, 4.69) is 0 Å². The lowest BCUT2D eigenvalue weighted by Crippen LogP contribution is -2.04. The molecule has 0 spiro atoms. The van der Waals surface area contributed by atoms with E-state index < -0.39 is 11.9 Å². The Morgan fingerprint density at radius 2 is 1.52 bits per heavy atom. The second kappa shape index (κ2) is 6.75. The van der Waals surface area contributed by atoms with Crippen molar-refractivity contribution in [2.75, 3.05) is 25.7 Å². The molecule has 0 saturated carbocycles. The van der Waals surface area contributed by atoms with E-state index in [0.717, 1.165) is 0 Å². The Hall–Kier alpha value is -3.65. The van der Waals surface area contributed by atoms with Gasteiger partial charge in [-0.1, -0.05) is 23.7 Å². The zero-order valence-electron chi connectivity index (χ0n) is 15.4. The van der Waals surface area contributed by atoms with Gasteiger partial charge in [0.1, 0.15) is 22.3 Å². The number of hydrogen-bond acceptors (Lipinski definition) is 8. The van der Waals surface area contributed by atoms with Crippen molar-refractivity contribution in [2.45, 2.75) is 0 Å². The van der Waals surface area contributed by atoms with E-state index in [-0.39, 0.29) is 34.1 Å². The highest BCUT2D eigenvalue weighted by Crippen LogP contribution is 2.45. The number of halogens is 1. The molecular weight excluding hydrogens is 400 g/mol. The van der Waals surface area contributed by atoms with E-state index in [1.165, 1.54) is 20.3 Å². The van der Waals surface area contributed by atoms with Gasteiger partial charge in [0.2, 0.25) is 11.8 Å². The standard InChI is InChI=1S/C20H15ClN2O6/c1-26-19(24)13-10-7-11-14(15(18(23)28-11)20(25)27-2)12(16(10)29-17(13)22)8-3-5-9(21)6-4-8/h3-7H,22-23H2,1-2H3. The van der Waals surface area contributed by atoms with Crippen molar-refractivity contribution in [3.63, 3.8) is 0 Å². The maximum Gasteiger partial charge on any atom is 0.344 e. The number of hydrogen-bond donors (Lipinski definition) is 2. The number of carbonyl (C=O) groups excluding carboxylic acids is 2. The highest BCUT2D eigenvalue weighted by Gasteiger charge is 2.29. The van der Waals surface area contributed by atoms with Crippen LogP contribution in [0.1, 0.15) is 20.7 Å². The van der Waals surface area contributed by atoms with E-state index in [1.807, 2.05) is 0 Å². The van der Waals surface area contributed by atoms with Crippen LogP contribution in [0.3, 0.4) is 0 Å². The quantitative estimate of drug-likeness (QED) is 0.476. The van der Waals surface area contributed by atoms with Crippen molar-refractivity contribution in [3.8, 4) is 11.1 Å². The number of esters is 2. The molecule has 4 N–H and O–H groups in total. The number of fused-ring (bicyclic) bond motifs is 2. The summed E-state index contributed by atoms with van der Waals surface area (Å²) in [6.07, 6.45) is 0. The van der Waals surface area contributed by atoms with Crippen LogP contribution >= 0.6 is 11.6 Å². The average Bonchev–Trinajstić information content (AvgIpc) is 3.21. The molecule has 0 aliphatic rings. The number of benzene rings is 2. The largest absolute Gasteiger partial charge is 0.465 e. The van der Waals surface area contributed by atoms with Gasteiger partial charge in [-0.15, -0.1) is 0 Å². The van der Waals surface area contributed by atoms with Gasteiger partial charge in [0.15, 0.2) is 0 Å². The van der Waals surface area contributed by atoms with Crippen molar-refractivity contribution in [2.24, 2.45) is 0 Å². The van der Waals surface area contributed by atoms with Gasteiger partial charge in [0.25, 0.3) is 0 Å². The fraction of sp³-hybridized carbons (Fsp3) is 0.100. The fourth-order valence-electron chi connectivity index (χ4n) is 3.36. The molecule has 0 aliphatic carbocycles. The number of anilines is 2. The van der Waals surface area contributed by atoms with Crippen molar-refractivity contribution in [1.29, 1.82) is 0 Å². The number of nitrogens with two attached hydrogens (primary N) is 2. The smallest absolute Gasteiger partial charge is 0.344 e. The summed E-state index contributed by atoms with van der Waals surface area (Å²) in [7, 11) is 2.47. The molecule has 4 aromatic rings. The molecule has 2 aromatic heterocycles. The molecule has 0 saturated heterocycles. The van der Waals surface area contributed by atoms with E-state index >= 15 is 0 Å². The Balaban J connectivity index is 2.22. The lowest BCUT2D eigenvalue weighted by atomic mass is 9.96. The molecule has 4 rings (SSSR count). The highest BCUT2D eigenvalue weighted by molar-refractivity contribution is 6.30. The maximum atomic E-state index is 12.4. The van der Waals surface area contributed by atoms with Crippen LogP contribution in [0.25, 0.3) is 33.1 Å². The summed E-state index contributed by atoms with van der Waals surface area (Å²) >= 11 is 6.02. The Morgan fingerprint density at radius 3 is 2.14 bits per heavy atom. The molecule has 0 atom stereocenters. The van der Waals surface area contributed by atoms with Gasteiger partial charge < -0.3 is 29.8 Å². The molecule has 0 fully saturated rings. The Morgan fingerprint density at radius 1 is 0.931 bits per heavy atom. The molecule has 0 unspecified atom stereocenters. The number of ether oxygens (including phenoxy) is 2. The first-order chi connectivity index (χ1) is 13.9. The summed E-state index contributed by atoms with van der Waals surface area (Å²) in [5, 5.41) is 1.25. The van der Waals surface area contributed by atoms with Gasteiger partial charge in [-0.05, 0) is 23.8 Å². The van der Waals surface area contributed by atoms with Gasteiger partial charge in [-0.25, -0.2) is 9.59 Å². The van der Waals surface area contributed by atoms with E-state index in [0.29, 0.717) is 26.9 Å². The second-order valence-electron chi connectivity index (χ2n) is 6.17. The summed E-state index contributed by atoms with van der Waals surface area (Å²) in [5.41, 5.74) is 13.6.